The van der Waals surface area contributed by atoms with E-state index in [9.17, 15) is 4.79 Å². The first-order valence-electron chi connectivity index (χ1n) is 4.87. The monoisotopic (exact) mass is 272 g/mol. The Morgan fingerprint density at radius 2 is 2.40 bits per heavy atom. The van der Waals surface area contributed by atoms with Crippen LogP contribution in [0.1, 0.15) is 23.0 Å². The maximum absolute atomic E-state index is 11.0. The highest BCUT2D eigenvalue weighted by atomic mass is 79.9. The summed E-state index contributed by atoms with van der Waals surface area (Å²) in [5.74, 6) is -0.866. The summed E-state index contributed by atoms with van der Waals surface area (Å²) in [5, 5.41) is 9.05. The lowest BCUT2D eigenvalue weighted by Crippen LogP contribution is -2.18. The zero-order valence-corrected chi connectivity index (χ0v) is 10.1. The summed E-state index contributed by atoms with van der Waals surface area (Å²) in [7, 11) is 2.05. The second-order valence-electron chi connectivity index (χ2n) is 3.96. The largest absolute Gasteiger partial charge is 0.477 e. The molecule has 0 saturated carbocycles. The molecule has 82 valence electrons. The van der Waals surface area contributed by atoms with E-state index in [1.54, 1.807) is 6.07 Å². The van der Waals surface area contributed by atoms with E-state index >= 15 is 0 Å². The average Bonchev–Trinajstić information content (AvgIpc) is 2.71. The molecular formula is C10H13BrN2O2. The number of hydrogen-bond acceptors (Lipinski definition) is 2. The number of nitrogens with zero attached hydrogens (tertiary/aromatic N) is 2. The van der Waals surface area contributed by atoms with Crippen LogP contribution in [-0.2, 0) is 0 Å². The first-order valence-corrected chi connectivity index (χ1v) is 5.66. The first kappa shape index (κ1) is 10.7. The molecule has 0 amide bonds. The summed E-state index contributed by atoms with van der Waals surface area (Å²) in [6, 6.07) is 1.94. The van der Waals surface area contributed by atoms with Gasteiger partial charge in [-0.3, -0.25) is 0 Å². The van der Waals surface area contributed by atoms with Crippen LogP contribution in [0, 0.1) is 0 Å². The molecule has 1 atom stereocenters. The zero-order chi connectivity index (χ0) is 11.0. The Morgan fingerprint density at radius 1 is 1.67 bits per heavy atom. The van der Waals surface area contributed by atoms with Gasteiger partial charge in [0.05, 0.1) is 0 Å². The van der Waals surface area contributed by atoms with E-state index in [0.717, 1.165) is 24.0 Å². The minimum absolute atomic E-state index is 0.285. The van der Waals surface area contributed by atoms with Gasteiger partial charge in [-0.05, 0) is 42.0 Å². The number of hydrogen-bond donors (Lipinski definition) is 1. The molecule has 1 aromatic heterocycles. The second kappa shape index (κ2) is 3.98. The van der Waals surface area contributed by atoms with Crippen molar-refractivity contribution in [2.45, 2.75) is 12.5 Å². The molecular weight excluding hydrogens is 260 g/mol. The fourth-order valence-electron chi connectivity index (χ4n) is 2.06. The van der Waals surface area contributed by atoms with E-state index in [2.05, 4.69) is 27.9 Å². The topological polar surface area (TPSA) is 45.5 Å². The van der Waals surface area contributed by atoms with Crippen LogP contribution in [0.2, 0.25) is 0 Å². The summed E-state index contributed by atoms with van der Waals surface area (Å²) >= 11 is 3.32. The molecule has 1 aliphatic heterocycles. The quantitative estimate of drug-likeness (QED) is 0.894. The third-order valence-electron chi connectivity index (χ3n) is 2.79. The molecule has 1 aromatic rings. The van der Waals surface area contributed by atoms with Gasteiger partial charge in [-0.15, -0.1) is 0 Å². The summed E-state index contributed by atoms with van der Waals surface area (Å²) < 4.78 is 2.69. The second-order valence-corrected chi connectivity index (χ2v) is 4.88. The Balaban J connectivity index is 2.30. The summed E-state index contributed by atoms with van der Waals surface area (Å²) in [6.07, 6.45) is 2.87. The number of rotatable bonds is 2. The van der Waals surface area contributed by atoms with E-state index in [0.29, 0.717) is 5.69 Å². The smallest absolute Gasteiger partial charge is 0.352 e. The summed E-state index contributed by atoms with van der Waals surface area (Å²) in [5.41, 5.74) is 0.363. The molecule has 1 unspecified atom stereocenters. The van der Waals surface area contributed by atoms with Crippen molar-refractivity contribution in [2.24, 2.45) is 0 Å². The predicted molar refractivity (Wildman–Crippen MR) is 60.2 cm³/mol. The maximum atomic E-state index is 11.0. The van der Waals surface area contributed by atoms with Gasteiger partial charge in [-0.2, -0.15) is 0 Å². The van der Waals surface area contributed by atoms with Gasteiger partial charge in [-0.25, -0.2) is 4.79 Å². The molecule has 0 spiro atoms. The molecule has 5 heteroatoms. The molecule has 1 N–H and O–H groups in total. The lowest BCUT2D eigenvalue weighted by atomic mass is 10.2. The van der Waals surface area contributed by atoms with Crippen LogP contribution >= 0.6 is 15.9 Å². The van der Waals surface area contributed by atoms with Gasteiger partial charge < -0.3 is 14.6 Å². The molecule has 0 radical (unpaired) electrons. The van der Waals surface area contributed by atoms with E-state index in [1.165, 1.54) is 0 Å². The van der Waals surface area contributed by atoms with E-state index in [4.69, 9.17) is 5.11 Å². The Labute approximate surface area is 96.6 Å². The maximum Gasteiger partial charge on any atom is 0.352 e. The molecule has 1 aliphatic rings. The van der Waals surface area contributed by atoms with Crippen LogP contribution in [0.25, 0.3) is 0 Å². The number of aromatic nitrogens is 1. The van der Waals surface area contributed by atoms with Crippen molar-refractivity contribution in [3.05, 3.63) is 22.4 Å². The van der Waals surface area contributed by atoms with E-state index < -0.39 is 5.97 Å². The minimum Gasteiger partial charge on any atom is -0.477 e. The average molecular weight is 273 g/mol. The summed E-state index contributed by atoms with van der Waals surface area (Å²) in [4.78, 5) is 13.2. The Morgan fingerprint density at radius 3 is 2.93 bits per heavy atom. The van der Waals surface area contributed by atoms with Crippen LogP contribution in [0.3, 0.4) is 0 Å². The molecule has 15 heavy (non-hydrogen) atoms. The lowest BCUT2D eigenvalue weighted by molar-refractivity contribution is 0.0682. The van der Waals surface area contributed by atoms with Gasteiger partial charge in [0, 0.05) is 23.3 Å². The summed E-state index contributed by atoms with van der Waals surface area (Å²) in [6.45, 7) is 1.95. The van der Waals surface area contributed by atoms with Crippen molar-refractivity contribution in [2.75, 3.05) is 20.1 Å². The number of halogens is 1. The van der Waals surface area contributed by atoms with E-state index in [-0.39, 0.29) is 6.04 Å². The molecule has 4 nitrogen and oxygen atoms in total. The number of likely N-dealkylation sites (N-methyl/N-ethyl adjacent to an activating group) is 1. The Bertz CT molecular complexity index is 389. The number of carboxylic acids is 1. The minimum atomic E-state index is -0.866. The SMILES string of the molecule is CN1CCC(n2cc(Br)cc2C(=O)O)C1. The van der Waals surface area contributed by atoms with Gasteiger partial charge in [0.25, 0.3) is 0 Å². The van der Waals surface area contributed by atoms with Gasteiger partial charge in [0.2, 0.25) is 0 Å². The van der Waals surface area contributed by atoms with Crippen molar-refractivity contribution in [1.29, 1.82) is 0 Å². The molecule has 1 saturated heterocycles. The first-order chi connectivity index (χ1) is 7.08. The highest BCUT2D eigenvalue weighted by molar-refractivity contribution is 9.10. The van der Waals surface area contributed by atoms with Crippen molar-refractivity contribution >= 4 is 21.9 Å². The highest BCUT2D eigenvalue weighted by Gasteiger charge is 2.24. The highest BCUT2D eigenvalue weighted by Crippen LogP contribution is 2.25. The van der Waals surface area contributed by atoms with Crippen LogP contribution in [0.15, 0.2) is 16.7 Å². The van der Waals surface area contributed by atoms with Crippen LogP contribution < -0.4 is 0 Å². The van der Waals surface area contributed by atoms with Crippen LogP contribution in [0.4, 0.5) is 0 Å². The molecule has 0 bridgehead atoms. The number of carboxylic acid groups (broad SMARTS) is 1. The van der Waals surface area contributed by atoms with E-state index in [1.807, 2.05) is 10.8 Å². The molecule has 2 rings (SSSR count). The van der Waals surface area contributed by atoms with Crippen molar-refractivity contribution in [1.82, 2.24) is 9.47 Å². The van der Waals surface area contributed by atoms with Crippen LogP contribution in [0.5, 0.6) is 0 Å². The molecule has 2 heterocycles. The zero-order valence-electron chi connectivity index (χ0n) is 8.48. The Kier molecular flexibility index (Phi) is 2.84. The van der Waals surface area contributed by atoms with Gasteiger partial charge >= 0.3 is 5.97 Å². The standard InChI is InChI=1S/C10H13BrN2O2/c1-12-3-2-8(6-12)13-5-7(11)4-9(13)10(14)15/h4-5,8H,2-3,6H2,1H3,(H,14,15). The fourth-order valence-corrected chi connectivity index (χ4v) is 2.50. The molecule has 0 aliphatic carbocycles. The van der Waals surface area contributed by atoms with Crippen molar-refractivity contribution in [3.63, 3.8) is 0 Å². The van der Waals surface area contributed by atoms with Gasteiger partial charge in [0.15, 0.2) is 0 Å². The Hall–Kier alpha value is -0.810. The van der Waals surface area contributed by atoms with Crippen LogP contribution in [-0.4, -0.2) is 40.7 Å². The van der Waals surface area contributed by atoms with Crippen molar-refractivity contribution < 1.29 is 9.90 Å². The number of aromatic carboxylic acids is 1. The fraction of sp³-hybridized carbons (Fsp3) is 0.500. The van der Waals surface area contributed by atoms with Gasteiger partial charge in [-0.1, -0.05) is 0 Å². The third-order valence-corrected chi connectivity index (χ3v) is 3.23. The third kappa shape index (κ3) is 2.08. The van der Waals surface area contributed by atoms with Crippen molar-refractivity contribution in [3.8, 4) is 0 Å². The number of carbonyl (C=O) groups is 1. The molecule has 0 aromatic carbocycles. The lowest BCUT2D eigenvalue weighted by Gasteiger charge is -2.14. The normalized spacial score (nSPS) is 22.1. The predicted octanol–water partition coefficient (Wildman–Crippen LogP) is 1.83. The number of likely N-dealkylation sites (tertiary alicyclic amines) is 1. The van der Waals surface area contributed by atoms with Gasteiger partial charge in [0.1, 0.15) is 5.69 Å². The molecule has 1 fully saturated rings.